The quantitative estimate of drug-likeness (QED) is 0.876. The molecule has 0 aliphatic heterocycles. The number of hydrogen-bond acceptors (Lipinski definition) is 3. The van der Waals surface area contributed by atoms with Gasteiger partial charge in [0, 0.05) is 5.69 Å². The molecule has 2 N–H and O–H groups in total. The topological polar surface area (TPSA) is 75.6 Å². The van der Waals surface area contributed by atoms with E-state index in [1.165, 1.54) is 0 Å². The smallest absolute Gasteiger partial charge is 0.307 e. The van der Waals surface area contributed by atoms with Crippen LogP contribution in [0, 0.1) is 11.8 Å². The summed E-state index contributed by atoms with van der Waals surface area (Å²) >= 11 is 6.06. The average Bonchev–Trinajstić information content (AvgIpc) is 3.12. The molecule has 0 radical (unpaired) electrons. The van der Waals surface area contributed by atoms with Crippen molar-refractivity contribution in [1.29, 1.82) is 0 Å². The summed E-state index contributed by atoms with van der Waals surface area (Å²) in [7, 11) is 0. The zero-order valence-corrected chi connectivity index (χ0v) is 12.0. The number of carboxylic acids is 1. The van der Waals surface area contributed by atoms with Gasteiger partial charge in [-0.2, -0.15) is 0 Å². The van der Waals surface area contributed by atoms with Gasteiger partial charge in [-0.15, -0.1) is 0 Å². The van der Waals surface area contributed by atoms with Crippen molar-refractivity contribution in [3.05, 3.63) is 23.2 Å². The molecule has 1 aromatic rings. The molecule has 0 unspecified atom stereocenters. The fraction of sp³-hybridized carbons (Fsp3) is 0.429. The van der Waals surface area contributed by atoms with E-state index in [1.807, 2.05) is 13.8 Å². The minimum Gasteiger partial charge on any atom is -0.489 e. The van der Waals surface area contributed by atoms with Crippen molar-refractivity contribution in [3.63, 3.8) is 0 Å². The maximum absolute atomic E-state index is 11.8. The number of carboxylic acid groups (broad SMARTS) is 1. The van der Waals surface area contributed by atoms with Crippen molar-refractivity contribution in [2.75, 3.05) is 5.32 Å². The highest BCUT2D eigenvalue weighted by Gasteiger charge is 2.48. The number of ether oxygens (including phenoxy) is 1. The molecule has 0 bridgehead atoms. The molecule has 5 nitrogen and oxygen atoms in total. The average molecular weight is 298 g/mol. The Morgan fingerprint density at radius 3 is 2.60 bits per heavy atom. The number of benzene rings is 1. The van der Waals surface area contributed by atoms with E-state index in [4.69, 9.17) is 21.4 Å². The predicted octanol–water partition coefficient (Wildman–Crippen LogP) is 2.79. The molecular weight excluding hydrogens is 282 g/mol. The van der Waals surface area contributed by atoms with Crippen molar-refractivity contribution >= 4 is 29.2 Å². The van der Waals surface area contributed by atoms with Gasteiger partial charge >= 0.3 is 5.97 Å². The molecule has 1 saturated carbocycles. The summed E-state index contributed by atoms with van der Waals surface area (Å²) in [5.74, 6) is -1.67. The number of hydrogen-bond donors (Lipinski definition) is 2. The minimum atomic E-state index is -0.927. The number of aliphatic carboxylic acids is 1. The van der Waals surface area contributed by atoms with E-state index in [9.17, 15) is 9.59 Å². The maximum atomic E-state index is 11.8. The molecule has 1 aliphatic carbocycles. The summed E-state index contributed by atoms with van der Waals surface area (Å²) in [5.41, 5.74) is 0.534. The SMILES string of the molecule is CC(C)Oc1ccc(NC(=O)[C@@H]2C[C@@H]2C(=O)O)cc1Cl. The Labute approximate surface area is 121 Å². The van der Waals surface area contributed by atoms with Crippen LogP contribution < -0.4 is 10.1 Å². The van der Waals surface area contributed by atoms with Crippen LogP contribution in [0.2, 0.25) is 5.02 Å². The van der Waals surface area contributed by atoms with Gasteiger partial charge in [0.2, 0.25) is 5.91 Å². The minimum absolute atomic E-state index is 0.00994. The molecule has 20 heavy (non-hydrogen) atoms. The number of anilines is 1. The summed E-state index contributed by atoms with van der Waals surface area (Å²) in [5, 5.41) is 11.9. The summed E-state index contributed by atoms with van der Waals surface area (Å²) in [6.07, 6.45) is 0.402. The van der Waals surface area contributed by atoms with Gasteiger partial charge in [-0.25, -0.2) is 0 Å². The van der Waals surface area contributed by atoms with Gasteiger partial charge in [-0.3, -0.25) is 9.59 Å². The third kappa shape index (κ3) is 3.42. The summed E-state index contributed by atoms with van der Waals surface area (Å²) in [6, 6.07) is 4.95. The standard InChI is InChI=1S/C14H16ClNO4/c1-7(2)20-12-4-3-8(5-11(12)15)16-13(17)9-6-10(9)14(18)19/h3-5,7,9-10H,6H2,1-2H3,(H,16,17)(H,18,19)/t9-,10+/m1/s1. The molecule has 0 saturated heterocycles. The van der Waals surface area contributed by atoms with Crippen molar-refractivity contribution in [1.82, 2.24) is 0 Å². The van der Waals surface area contributed by atoms with E-state index in [2.05, 4.69) is 5.32 Å². The molecular formula is C14H16ClNO4. The lowest BCUT2D eigenvalue weighted by Crippen LogP contribution is -2.16. The van der Waals surface area contributed by atoms with E-state index in [1.54, 1.807) is 18.2 Å². The van der Waals surface area contributed by atoms with Crippen LogP contribution in [0.4, 0.5) is 5.69 Å². The van der Waals surface area contributed by atoms with Crippen molar-refractivity contribution in [2.24, 2.45) is 11.8 Å². The third-order valence-corrected chi connectivity index (χ3v) is 3.30. The van der Waals surface area contributed by atoms with Crippen LogP contribution in [0.3, 0.4) is 0 Å². The molecule has 108 valence electrons. The van der Waals surface area contributed by atoms with Crippen LogP contribution >= 0.6 is 11.6 Å². The highest BCUT2D eigenvalue weighted by atomic mass is 35.5. The zero-order valence-electron chi connectivity index (χ0n) is 11.2. The van der Waals surface area contributed by atoms with E-state index < -0.39 is 17.8 Å². The van der Waals surface area contributed by atoms with E-state index in [0.717, 1.165) is 0 Å². The number of amides is 1. The molecule has 1 fully saturated rings. The van der Waals surface area contributed by atoms with Crippen LogP contribution in [0.1, 0.15) is 20.3 Å². The van der Waals surface area contributed by atoms with Gasteiger partial charge in [0.25, 0.3) is 0 Å². The van der Waals surface area contributed by atoms with Gasteiger partial charge in [-0.1, -0.05) is 11.6 Å². The Morgan fingerprint density at radius 1 is 1.40 bits per heavy atom. The van der Waals surface area contributed by atoms with Crippen LogP contribution in [0.25, 0.3) is 0 Å². The first-order chi connectivity index (χ1) is 9.38. The van der Waals surface area contributed by atoms with Crippen molar-refractivity contribution < 1.29 is 19.4 Å². The first-order valence-corrected chi connectivity index (χ1v) is 6.76. The summed E-state index contributed by atoms with van der Waals surface area (Å²) in [6.45, 7) is 3.79. The number of carbonyl (C=O) groups is 2. The Bertz CT molecular complexity index is 544. The molecule has 0 spiro atoms. The highest BCUT2D eigenvalue weighted by molar-refractivity contribution is 6.32. The number of halogens is 1. The molecule has 6 heteroatoms. The first kappa shape index (κ1) is 14.7. The number of nitrogens with one attached hydrogen (secondary N) is 1. The second kappa shape index (κ2) is 5.71. The fourth-order valence-corrected chi connectivity index (χ4v) is 2.15. The van der Waals surface area contributed by atoms with E-state index >= 15 is 0 Å². The fourth-order valence-electron chi connectivity index (χ4n) is 1.92. The Kier molecular flexibility index (Phi) is 4.18. The molecule has 1 aliphatic rings. The van der Waals surface area contributed by atoms with Crippen molar-refractivity contribution in [3.8, 4) is 5.75 Å². The highest BCUT2D eigenvalue weighted by Crippen LogP contribution is 2.39. The number of rotatable bonds is 5. The van der Waals surface area contributed by atoms with Gasteiger partial charge in [-0.05, 0) is 38.5 Å². The molecule has 0 heterocycles. The molecule has 1 aromatic carbocycles. The van der Waals surface area contributed by atoms with Gasteiger partial charge in [0.15, 0.2) is 0 Å². The number of carbonyl (C=O) groups excluding carboxylic acids is 1. The lowest BCUT2D eigenvalue weighted by atomic mass is 10.2. The summed E-state index contributed by atoms with van der Waals surface area (Å²) in [4.78, 5) is 22.5. The largest absolute Gasteiger partial charge is 0.489 e. The Morgan fingerprint density at radius 2 is 2.10 bits per heavy atom. The lowest BCUT2D eigenvalue weighted by Gasteiger charge is -2.12. The zero-order chi connectivity index (χ0) is 14.9. The Balaban J connectivity index is 1.99. The van der Waals surface area contributed by atoms with Crippen LogP contribution in [-0.2, 0) is 9.59 Å². The van der Waals surface area contributed by atoms with Crippen LogP contribution in [0.5, 0.6) is 5.75 Å². The Hall–Kier alpha value is -1.75. The lowest BCUT2D eigenvalue weighted by molar-refractivity contribution is -0.139. The third-order valence-electron chi connectivity index (χ3n) is 3.01. The molecule has 2 atom stereocenters. The van der Waals surface area contributed by atoms with Crippen LogP contribution in [0.15, 0.2) is 18.2 Å². The van der Waals surface area contributed by atoms with E-state index in [0.29, 0.717) is 22.9 Å². The van der Waals surface area contributed by atoms with Gasteiger partial charge < -0.3 is 15.2 Å². The normalized spacial score (nSPS) is 20.6. The van der Waals surface area contributed by atoms with Gasteiger partial charge in [0.1, 0.15) is 5.75 Å². The predicted molar refractivity (Wildman–Crippen MR) is 75.1 cm³/mol. The maximum Gasteiger partial charge on any atom is 0.307 e. The monoisotopic (exact) mass is 297 g/mol. The van der Waals surface area contributed by atoms with E-state index in [-0.39, 0.29) is 12.0 Å². The molecule has 1 amide bonds. The summed E-state index contributed by atoms with van der Waals surface area (Å²) < 4.78 is 5.49. The second-order valence-electron chi connectivity index (χ2n) is 5.09. The van der Waals surface area contributed by atoms with Crippen LogP contribution in [-0.4, -0.2) is 23.1 Å². The van der Waals surface area contributed by atoms with Gasteiger partial charge in [0.05, 0.1) is 23.0 Å². The molecule has 0 aromatic heterocycles. The van der Waals surface area contributed by atoms with Crippen molar-refractivity contribution in [2.45, 2.75) is 26.4 Å². The first-order valence-electron chi connectivity index (χ1n) is 6.38. The second-order valence-corrected chi connectivity index (χ2v) is 5.50. The molecule has 2 rings (SSSR count).